The molecular formula is C18H13Cl2F3N4O2. The van der Waals surface area contributed by atoms with Crippen LogP contribution in [0.1, 0.15) is 34.8 Å². The van der Waals surface area contributed by atoms with Crippen LogP contribution in [0.25, 0.3) is 0 Å². The molecule has 3 aromatic rings. The number of carbonyl (C=O) groups is 1. The van der Waals surface area contributed by atoms with Crippen LogP contribution in [-0.4, -0.2) is 21.9 Å². The zero-order valence-corrected chi connectivity index (χ0v) is 16.0. The SMILES string of the molecule is O=C(Nc1ccc(Cl)cc1)c1nn2c(c1Cl)N[C@H](c1ccco1)C[C@@H]2C(F)(F)F. The number of benzene rings is 1. The van der Waals surface area contributed by atoms with Crippen molar-refractivity contribution in [3.63, 3.8) is 0 Å². The van der Waals surface area contributed by atoms with E-state index in [9.17, 15) is 18.0 Å². The first kappa shape index (κ1) is 19.7. The fraction of sp³-hybridized carbons (Fsp3) is 0.222. The van der Waals surface area contributed by atoms with Crippen molar-refractivity contribution in [1.82, 2.24) is 9.78 Å². The summed E-state index contributed by atoms with van der Waals surface area (Å²) >= 11 is 12.0. The van der Waals surface area contributed by atoms with Crippen LogP contribution < -0.4 is 10.6 Å². The predicted molar refractivity (Wildman–Crippen MR) is 101 cm³/mol. The van der Waals surface area contributed by atoms with Crippen LogP contribution in [0.15, 0.2) is 47.1 Å². The highest BCUT2D eigenvalue weighted by molar-refractivity contribution is 6.36. The molecule has 0 unspecified atom stereocenters. The van der Waals surface area contributed by atoms with Gasteiger partial charge in [0.05, 0.1) is 12.3 Å². The summed E-state index contributed by atoms with van der Waals surface area (Å²) in [5, 5.41) is 9.56. The van der Waals surface area contributed by atoms with E-state index in [-0.39, 0.29) is 23.0 Å². The van der Waals surface area contributed by atoms with Gasteiger partial charge in [-0.2, -0.15) is 18.3 Å². The molecule has 0 aliphatic carbocycles. The number of aromatic nitrogens is 2. The molecule has 3 heterocycles. The second-order valence-corrected chi connectivity index (χ2v) is 7.24. The van der Waals surface area contributed by atoms with E-state index < -0.39 is 24.2 Å². The highest BCUT2D eigenvalue weighted by Gasteiger charge is 2.48. The second-order valence-electron chi connectivity index (χ2n) is 6.42. The molecule has 0 saturated heterocycles. The standard InChI is InChI=1S/C18H13Cl2F3N4O2/c19-9-3-5-10(6-4-9)24-17(28)15-14(20)16-25-11(12-2-1-7-29-12)8-13(18(21,22)23)27(16)26-15/h1-7,11,13,25H,8H2,(H,24,28)/t11-,13+/m0/s1. The molecule has 0 saturated carbocycles. The van der Waals surface area contributed by atoms with Gasteiger partial charge in [0, 0.05) is 17.1 Å². The predicted octanol–water partition coefficient (Wildman–Crippen LogP) is 5.70. The number of hydrogen-bond donors (Lipinski definition) is 2. The molecule has 152 valence electrons. The van der Waals surface area contributed by atoms with Gasteiger partial charge in [0.2, 0.25) is 0 Å². The van der Waals surface area contributed by atoms with Crippen LogP contribution in [0, 0.1) is 0 Å². The van der Waals surface area contributed by atoms with Gasteiger partial charge in [-0.25, -0.2) is 4.68 Å². The van der Waals surface area contributed by atoms with Crippen molar-refractivity contribution in [3.05, 3.63) is 64.2 Å². The number of alkyl halides is 3. The lowest BCUT2D eigenvalue weighted by atomic mass is 10.0. The minimum atomic E-state index is -4.60. The molecule has 29 heavy (non-hydrogen) atoms. The van der Waals surface area contributed by atoms with Gasteiger partial charge < -0.3 is 15.1 Å². The number of amides is 1. The van der Waals surface area contributed by atoms with Crippen LogP contribution in [0.5, 0.6) is 0 Å². The zero-order valence-electron chi connectivity index (χ0n) is 14.5. The van der Waals surface area contributed by atoms with Crippen molar-refractivity contribution >= 4 is 40.6 Å². The molecule has 11 heteroatoms. The fourth-order valence-electron chi connectivity index (χ4n) is 3.13. The first-order chi connectivity index (χ1) is 13.7. The number of hydrogen-bond acceptors (Lipinski definition) is 4. The van der Waals surface area contributed by atoms with Gasteiger partial charge >= 0.3 is 6.18 Å². The molecule has 4 rings (SSSR count). The topological polar surface area (TPSA) is 72.1 Å². The van der Waals surface area contributed by atoms with Crippen LogP contribution in [0.2, 0.25) is 10.0 Å². The van der Waals surface area contributed by atoms with Crippen LogP contribution in [0.3, 0.4) is 0 Å². The quantitative estimate of drug-likeness (QED) is 0.543. The summed E-state index contributed by atoms with van der Waals surface area (Å²) in [6, 6.07) is 6.63. The van der Waals surface area contributed by atoms with Gasteiger partial charge in [0.15, 0.2) is 11.7 Å². The van der Waals surface area contributed by atoms with Gasteiger partial charge in [-0.15, -0.1) is 0 Å². The lowest BCUT2D eigenvalue weighted by molar-refractivity contribution is -0.174. The number of carbonyl (C=O) groups excluding carboxylic acids is 1. The molecule has 0 spiro atoms. The Morgan fingerprint density at radius 2 is 1.97 bits per heavy atom. The molecule has 2 aromatic heterocycles. The molecule has 1 amide bonds. The largest absolute Gasteiger partial charge is 0.467 e. The molecule has 0 bridgehead atoms. The lowest BCUT2D eigenvalue weighted by Crippen LogP contribution is -2.35. The van der Waals surface area contributed by atoms with E-state index in [0.29, 0.717) is 21.2 Å². The van der Waals surface area contributed by atoms with Crippen molar-refractivity contribution in [3.8, 4) is 0 Å². The van der Waals surface area contributed by atoms with E-state index in [2.05, 4.69) is 15.7 Å². The maximum Gasteiger partial charge on any atom is 0.410 e. The monoisotopic (exact) mass is 444 g/mol. The minimum absolute atomic E-state index is 0.0945. The number of fused-ring (bicyclic) bond motifs is 1. The van der Waals surface area contributed by atoms with Crippen molar-refractivity contribution < 1.29 is 22.4 Å². The fourth-order valence-corrected chi connectivity index (χ4v) is 3.52. The number of halogens is 5. The highest BCUT2D eigenvalue weighted by Crippen LogP contribution is 2.46. The second kappa shape index (κ2) is 7.31. The van der Waals surface area contributed by atoms with Crippen molar-refractivity contribution in [2.45, 2.75) is 24.7 Å². The first-order valence-electron chi connectivity index (χ1n) is 8.45. The maximum atomic E-state index is 13.7. The Morgan fingerprint density at radius 1 is 1.24 bits per heavy atom. The van der Waals surface area contributed by atoms with E-state index in [4.69, 9.17) is 27.6 Å². The maximum absolute atomic E-state index is 13.7. The molecule has 0 radical (unpaired) electrons. The molecular weight excluding hydrogens is 432 g/mol. The summed E-state index contributed by atoms with van der Waals surface area (Å²) < 4.78 is 47.0. The van der Waals surface area contributed by atoms with Gasteiger partial charge in [-0.1, -0.05) is 23.2 Å². The number of nitrogens with one attached hydrogen (secondary N) is 2. The van der Waals surface area contributed by atoms with E-state index in [1.165, 1.54) is 6.26 Å². The molecule has 6 nitrogen and oxygen atoms in total. The van der Waals surface area contributed by atoms with Crippen molar-refractivity contribution in [1.29, 1.82) is 0 Å². The summed E-state index contributed by atoms with van der Waals surface area (Å²) in [6.45, 7) is 0. The summed E-state index contributed by atoms with van der Waals surface area (Å²) in [6.07, 6.45) is -3.58. The number of anilines is 2. The Labute approximate surface area is 172 Å². The first-order valence-corrected chi connectivity index (χ1v) is 9.21. The van der Waals surface area contributed by atoms with E-state index in [1.807, 2.05) is 0 Å². The summed E-state index contributed by atoms with van der Waals surface area (Å²) in [5.41, 5.74) is 0.0775. The summed E-state index contributed by atoms with van der Waals surface area (Å²) in [4.78, 5) is 12.6. The van der Waals surface area contributed by atoms with Crippen LogP contribution >= 0.6 is 23.2 Å². The summed E-state index contributed by atoms with van der Waals surface area (Å²) in [5.74, 6) is -0.505. The van der Waals surface area contributed by atoms with Crippen molar-refractivity contribution in [2.24, 2.45) is 0 Å². The zero-order chi connectivity index (χ0) is 20.8. The summed E-state index contributed by atoms with van der Waals surface area (Å²) in [7, 11) is 0. The average molecular weight is 445 g/mol. The highest BCUT2D eigenvalue weighted by atomic mass is 35.5. The molecule has 2 N–H and O–H groups in total. The van der Waals surface area contributed by atoms with Gasteiger partial charge in [-0.3, -0.25) is 4.79 Å². The Morgan fingerprint density at radius 3 is 2.59 bits per heavy atom. The Kier molecular flexibility index (Phi) is 4.95. The van der Waals surface area contributed by atoms with E-state index >= 15 is 0 Å². The molecule has 0 fully saturated rings. The lowest BCUT2D eigenvalue weighted by Gasteiger charge is -2.32. The number of furan rings is 1. The third-order valence-corrected chi connectivity index (χ3v) is 5.11. The van der Waals surface area contributed by atoms with Crippen LogP contribution in [-0.2, 0) is 0 Å². The third kappa shape index (κ3) is 3.79. The number of rotatable bonds is 3. The smallest absolute Gasteiger partial charge is 0.410 e. The molecule has 1 aromatic carbocycles. The van der Waals surface area contributed by atoms with E-state index in [0.717, 1.165) is 0 Å². The molecule has 1 aliphatic rings. The third-order valence-electron chi connectivity index (χ3n) is 4.50. The van der Waals surface area contributed by atoms with Gasteiger partial charge in [0.25, 0.3) is 5.91 Å². The Hall–Kier alpha value is -2.65. The van der Waals surface area contributed by atoms with Crippen molar-refractivity contribution in [2.75, 3.05) is 10.6 Å². The van der Waals surface area contributed by atoms with Gasteiger partial charge in [0.1, 0.15) is 16.6 Å². The average Bonchev–Trinajstić information content (AvgIpc) is 3.31. The Balaban J connectivity index is 1.69. The molecule has 1 aliphatic heterocycles. The number of nitrogens with zero attached hydrogens (tertiary/aromatic N) is 2. The Bertz CT molecular complexity index is 1030. The molecule has 2 atom stereocenters. The van der Waals surface area contributed by atoms with Gasteiger partial charge in [-0.05, 0) is 36.4 Å². The van der Waals surface area contributed by atoms with Crippen LogP contribution in [0.4, 0.5) is 24.7 Å². The van der Waals surface area contributed by atoms with E-state index in [1.54, 1.807) is 36.4 Å². The minimum Gasteiger partial charge on any atom is -0.467 e. The normalized spacial score (nSPS) is 18.8.